The number of fused-ring (bicyclic) bond motifs is 9. The van der Waals surface area contributed by atoms with Crippen LogP contribution in [0.3, 0.4) is 0 Å². The first kappa shape index (κ1) is 28.0. The van der Waals surface area contributed by atoms with Crippen molar-refractivity contribution in [2.24, 2.45) is 0 Å². The molecule has 3 heteroatoms. The molecule has 0 atom stereocenters. The van der Waals surface area contributed by atoms with E-state index >= 15 is 0 Å². The lowest BCUT2D eigenvalue weighted by Crippen LogP contribution is -1.93. The van der Waals surface area contributed by atoms with Gasteiger partial charge in [-0.15, -0.1) is 0 Å². The SMILES string of the molecule is c1ccc(-c2cc(-c3ccccc3)cc(-c3ccc4oc5cc6c(cc5c4c3)oc3ccc(-n4c5ccccc5c5ccccc54)cc36)c2)cc1. The minimum Gasteiger partial charge on any atom is -0.456 e. The van der Waals surface area contributed by atoms with Crippen molar-refractivity contribution < 1.29 is 8.83 Å². The van der Waals surface area contributed by atoms with Crippen molar-refractivity contribution in [3.63, 3.8) is 0 Å². The Morgan fingerprint density at radius 2 is 0.725 bits per heavy atom. The summed E-state index contributed by atoms with van der Waals surface area (Å²) in [4.78, 5) is 0. The topological polar surface area (TPSA) is 31.2 Å². The highest BCUT2D eigenvalue weighted by Gasteiger charge is 2.17. The van der Waals surface area contributed by atoms with Crippen molar-refractivity contribution in [3.8, 4) is 39.1 Å². The Bertz CT molecular complexity index is 3010. The highest BCUT2D eigenvalue weighted by Crippen LogP contribution is 2.41. The van der Waals surface area contributed by atoms with Gasteiger partial charge in [-0.05, 0) is 106 Å². The minimum absolute atomic E-state index is 0.849. The number of benzene rings is 8. The second-order valence-corrected chi connectivity index (χ2v) is 13.3. The van der Waals surface area contributed by atoms with Crippen LogP contribution in [0.1, 0.15) is 0 Å². The first-order chi connectivity index (χ1) is 25.2. The Labute approximate surface area is 293 Å². The zero-order valence-corrected chi connectivity index (χ0v) is 27.5. The average molecular weight is 652 g/mol. The molecule has 0 fully saturated rings. The van der Waals surface area contributed by atoms with Crippen molar-refractivity contribution in [2.45, 2.75) is 0 Å². The molecule has 8 aromatic carbocycles. The lowest BCUT2D eigenvalue weighted by molar-refractivity contribution is 0.664. The van der Waals surface area contributed by atoms with Gasteiger partial charge in [-0.3, -0.25) is 0 Å². The summed E-state index contributed by atoms with van der Waals surface area (Å²) in [6.07, 6.45) is 0. The highest BCUT2D eigenvalue weighted by molar-refractivity contribution is 6.16. The van der Waals surface area contributed by atoms with Gasteiger partial charge in [-0.25, -0.2) is 0 Å². The monoisotopic (exact) mass is 651 g/mol. The predicted molar refractivity (Wildman–Crippen MR) is 212 cm³/mol. The number of para-hydroxylation sites is 2. The molecule has 0 spiro atoms. The normalized spacial score (nSPS) is 11.9. The van der Waals surface area contributed by atoms with Crippen LogP contribution < -0.4 is 0 Å². The molecule has 0 radical (unpaired) electrons. The molecule has 3 heterocycles. The van der Waals surface area contributed by atoms with E-state index in [-0.39, 0.29) is 0 Å². The molecule has 0 saturated carbocycles. The maximum atomic E-state index is 6.53. The van der Waals surface area contributed by atoms with Gasteiger partial charge in [0.25, 0.3) is 0 Å². The predicted octanol–water partition coefficient (Wildman–Crippen LogP) is 13.6. The first-order valence-corrected chi connectivity index (χ1v) is 17.3. The van der Waals surface area contributed by atoms with Crippen molar-refractivity contribution in [2.75, 3.05) is 0 Å². The second-order valence-electron chi connectivity index (χ2n) is 13.3. The quantitative estimate of drug-likeness (QED) is 0.190. The smallest absolute Gasteiger partial charge is 0.136 e. The fraction of sp³-hybridized carbons (Fsp3) is 0. The largest absolute Gasteiger partial charge is 0.456 e. The summed E-state index contributed by atoms with van der Waals surface area (Å²) in [7, 11) is 0. The molecular formula is C48H29NO2. The van der Waals surface area contributed by atoms with Crippen LogP contribution in [0.2, 0.25) is 0 Å². The van der Waals surface area contributed by atoms with Gasteiger partial charge in [-0.1, -0.05) is 103 Å². The molecule has 0 aliphatic rings. The maximum absolute atomic E-state index is 6.53. The van der Waals surface area contributed by atoms with Crippen LogP contribution in [0, 0.1) is 0 Å². The molecule has 0 aliphatic carbocycles. The molecule has 238 valence electrons. The molecule has 0 bridgehead atoms. The van der Waals surface area contributed by atoms with E-state index < -0.39 is 0 Å². The van der Waals surface area contributed by atoms with Crippen LogP contribution in [0.5, 0.6) is 0 Å². The van der Waals surface area contributed by atoms with Crippen LogP contribution in [0.15, 0.2) is 185 Å². The maximum Gasteiger partial charge on any atom is 0.136 e. The van der Waals surface area contributed by atoms with E-state index in [0.717, 1.165) is 60.7 Å². The highest BCUT2D eigenvalue weighted by atomic mass is 16.3. The van der Waals surface area contributed by atoms with E-state index in [2.05, 4.69) is 180 Å². The fourth-order valence-corrected chi connectivity index (χ4v) is 7.94. The van der Waals surface area contributed by atoms with Crippen LogP contribution in [-0.2, 0) is 0 Å². The van der Waals surface area contributed by atoms with E-state index in [0.29, 0.717) is 0 Å². The Kier molecular flexibility index (Phi) is 5.96. The zero-order valence-electron chi connectivity index (χ0n) is 27.5. The van der Waals surface area contributed by atoms with E-state index in [1.54, 1.807) is 0 Å². The van der Waals surface area contributed by atoms with Crippen molar-refractivity contribution >= 4 is 65.7 Å². The van der Waals surface area contributed by atoms with Crippen LogP contribution in [0.25, 0.3) is 105 Å². The Morgan fingerprint density at radius 1 is 0.275 bits per heavy atom. The van der Waals surface area contributed by atoms with Crippen molar-refractivity contribution in [1.29, 1.82) is 0 Å². The molecule has 0 unspecified atom stereocenters. The molecule has 0 saturated heterocycles. The number of rotatable bonds is 4. The van der Waals surface area contributed by atoms with Crippen LogP contribution in [0.4, 0.5) is 0 Å². The molecule has 0 N–H and O–H groups in total. The molecule has 0 amide bonds. The summed E-state index contributed by atoms with van der Waals surface area (Å²) in [6.45, 7) is 0. The number of nitrogens with zero attached hydrogens (tertiary/aromatic N) is 1. The number of hydrogen-bond donors (Lipinski definition) is 0. The Morgan fingerprint density at radius 3 is 1.29 bits per heavy atom. The third kappa shape index (κ3) is 4.38. The van der Waals surface area contributed by atoms with Gasteiger partial charge in [-0.2, -0.15) is 0 Å². The summed E-state index contributed by atoms with van der Waals surface area (Å²) in [6, 6.07) is 62.6. The molecule has 11 rings (SSSR count). The molecule has 11 aromatic rings. The van der Waals surface area contributed by atoms with Gasteiger partial charge in [0.2, 0.25) is 0 Å². The number of hydrogen-bond acceptors (Lipinski definition) is 2. The van der Waals surface area contributed by atoms with Crippen molar-refractivity contribution in [3.05, 3.63) is 176 Å². The van der Waals surface area contributed by atoms with Crippen LogP contribution >= 0.6 is 0 Å². The zero-order chi connectivity index (χ0) is 33.5. The van der Waals surface area contributed by atoms with Crippen LogP contribution in [-0.4, -0.2) is 4.57 Å². The fourth-order valence-electron chi connectivity index (χ4n) is 7.94. The summed E-state index contributed by atoms with van der Waals surface area (Å²) < 4.78 is 15.4. The van der Waals surface area contributed by atoms with Gasteiger partial charge >= 0.3 is 0 Å². The second kappa shape index (κ2) is 10.8. The lowest BCUT2D eigenvalue weighted by atomic mass is 9.93. The standard InChI is InChI=1S/C48H29NO2/c1-3-11-30(12-4-1)33-23-34(31-13-5-2-6-14-31)25-35(24-33)32-19-21-45-39(26-32)41-28-48-42(29-47(41)50-45)40-27-36(20-22-46(40)51-48)49-43-17-9-7-15-37(43)38-16-8-10-18-44(38)49/h1-29H. The van der Waals surface area contributed by atoms with Gasteiger partial charge in [0.1, 0.15) is 22.3 Å². The molecule has 3 nitrogen and oxygen atoms in total. The Balaban J connectivity index is 1.07. The summed E-state index contributed by atoms with van der Waals surface area (Å²) >= 11 is 0. The summed E-state index contributed by atoms with van der Waals surface area (Å²) in [5.41, 5.74) is 14.0. The molecular weight excluding hydrogens is 623 g/mol. The lowest BCUT2D eigenvalue weighted by Gasteiger charge is -2.11. The molecule has 0 aliphatic heterocycles. The average Bonchev–Trinajstić information content (AvgIpc) is 3.86. The minimum atomic E-state index is 0.849. The first-order valence-electron chi connectivity index (χ1n) is 17.3. The van der Waals surface area contributed by atoms with E-state index in [1.165, 1.54) is 44.1 Å². The van der Waals surface area contributed by atoms with Gasteiger partial charge in [0, 0.05) is 38.0 Å². The molecule has 51 heavy (non-hydrogen) atoms. The molecule has 3 aromatic heterocycles. The van der Waals surface area contributed by atoms with Gasteiger partial charge in [0.05, 0.1) is 11.0 Å². The van der Waals surface area contributed by atoms with Gasteiger partial charge in [0.15, 0.2) is 0 Å². The number of furan rings is 2. The van der Waals surface area contributed by atoms with E-state index in [9.17, 15) is 0 Å². The summed E-state index contributed by atoms with van der Waals surface area (Å²) in [5, 5.41) is 6.72. The van der Waals surface area contributed by atoms with E-state index in [4.69, 9.17) is 8.83 Å². The third-order valence-corrected chi connectivity index (χ3v) is 10.4. The van der Waals surface area contributed by atoms with E-state index in [1.807, 2.05) is 0 Å². The van der Waals surface area contributed by atoms with Gasteiger partial charge < -0.3 is 13.4 Å². The number of aromatic nitrogens is 1. The third-order valence-electron chi connectivity index (χ3n) is 10.4. The van der Waals surface area contributed by atoms with Crippen molar-refractivity contribution in [1.82, 2.24) is 4.57 Å². The Hall–Kier alpha value is -6.84. The summed E-state index contributed by atoms with van der Waals surface area (Å²) in [5.74, 6) is 0.